The van der Waals surface area contributed by atoms with E-state index in [2.05, 4.69) is 76.5 Å². The molecule has 166 valence electrons. The molecule has 0 radical (unpaired) electrons. The van der Waals surface area contributed by atoms with Gasteiger partial charge in [-0.05, 0) is 99.4 Å². The Morgan fingerprint density at radius 1 is 1.10 bits per heavy atom. The molecule has 0 bridgehead atoms. The van der Waals surface area contributed by atoms with Crippen LogP contribution in [0.2, 0.25) is 0 Å². The largest absolute Gasteiger partial charge is 0.493 e. The number of nitrogens with one attached hydrogen (secondary N) is 1. The number of ether oxygens (including phenoxy) is 1. The van der Waals surface area contributed by atoms with Gasteiger partial charge in [-0.2, -0.15) is 5.26 Å². The Kier molecular flexibility index (Phi) is 7.12. The SMILES string of the molecule is CCC1(NC)CCC(COc2ccc(C(C)(C)c3cc(C)c(C)c(C#N)c3)cc2)CC1. The molecule has 0 atom stereocenters. The average Bonchev–Trinajstić information content (AvgIpc) is 2.80. The van der Waals surface area contributed by atoms with Gasteiger partial charge in [-0.1, -0.05) is 39.0 Å². The first-order chi connectivity index (χ1) is 14.7. The van der Waals surface area contributed by atoms with E-state index in [1.165, 1.54) is 48.8 Å². The van der Waals surface area contributed by atoms with Crippen molar-refractivity contribution < 1.29 is 4.74 Å². The number of nitrogens with zero attached hydrogens (tertiary/aromatic N) is 1. The number of hydrogen-bond acceptors (Lipinski definition) is 3. The first kappa shape index (κ1) is 23.4. The third kappa shape index (κ3) is 4.96. The molecule has 1 fully saturated rings. The lowest BCUT2D eigenvalue weighted by Crippen LogP contribution is -2.45. The molecule has 2 aromatic rings. The lowest BCUT2D eigenvalue weighted by Gasteiger charge is -2.39. The molecule has 1 N–H and O–H groups in total. The predicted octanol–water partition coefficient (Wildman–Crippen LogP) is 6.44. The summed E-state index contributed by atoms with van der Waals surface area (Å²) in [5, 5.41) is 13.0. The van der Waals surface area contributed by atoms with E-state index in [0.717, 1.165) is 23.5 Å². The number of benzene rings is 2. The van der Waals surface area contributed by atoms with Crippen molar-refractivity contribution in [2.75, 3.05) is 13.7 Å². The second kappa shape index (κ2) is 9.45. The number of hydrogen-bond donors (Lipinski definition) is 1. The molecular formula is C28H38N2O. The van der Waals surface area contributed by atoms with E-state index < -0.39 is 0 Å². The Morgan fingerprint density at radius 2 is 1.74 bits per heavy atom. The lowest BCUT2D eigenvalue weighted by molar-refractivity contribution is 0.146. The summed E-state index contributed by atoms with van der Waals surface area (Å²) in [6.45, 7) is 11.6. The smallest absolute Gasteiger partial charge is 0.119 e. The third-order valence-electron chi connectivity index (χ3n) is 7.84. The first-order valence-corrected chi connectivity index (χ1v) is 11.7. The standard InChI is InChI=1S/C28H38N2O/c1-7-28(30-6)14-12-22(13-15-28)19-31-26-10-8-24(9-11-26)27(4,5)25-16-20(2)21(3)23(17-25)18-29/h8-11,16-17,22,30H,7,12-15,19H2,1-6H3. The van der Waals surface area contributed by atoms with Gasteiger partial charge in [0.05, 0.1) is 18.2 Å². The highest BCUT2D eigenvalue weighted by atomic mass is 16.5. The maximum atomic E-state index is 9.49. The van der Waals surface area contributed by atoms with E-state index >= 15 is 0 Å². The Hall–Kier alpha value is -2.31. The minimum atomic E-state index is -0.178. The lowest BCUT2D eigenvalue weighted by atomic mass is 9.75. The molecular weight excluding hydrogens is 380 g/mol. The highest BCUT2D eigenvalue weighted by Gasteiger charge is 2.32. The normalized spacial score (nSPS) is 21.5. The van der Waals surface area contributed by atoms with Crippen molar-refractivity contribution in [3.8, 4) is 11.8 Å². The summed E-state index contributed by atoms with van der Waals surface area (Å²) in [7, 11) is 2.10. The van der Waals surface area contributed by atoms with Crippen LogP contribution in [0.25, 0.3) is 0 Å². The molecule has 0 aromatic heterocycles. The Labute approximate surface area is 188 Å². The minimum Gasteiger partial charge on any atom is -0.493 e. The van der Waals surface area contributed by atoms with Crippen molar-refractivity contribution in [2.24, 2.45) is 5.92 Å². The van der Waals surface area contributed by atoms with Crippen LogP contribution in [-0.4, -0.2) is 19.2 Å². The number of rotatable bonds is 7. The molecule has 1 aliphatic carbocycles. The zero-order chi connectivity index (χ0) is 22.6. The second-order valence-corrected chi connectivity index (χ2v) is 9.87. The highest BCUT2D eigenvalue weighted by Crippen LogP contribution is 2.36. The molecule has 1 saturated carbocycles. The van der Waals surface area contributed by atoms with Crippen LogP contribution in [-0.2, 0) is 5.41 Å². The second-order valence-electron chi connectivity index (χ2n) is 9.87. The van der Waals surface area contributed by atoms with Crippen LogP contribution in [0.3, 0.4) is 0 Å². The van der Waals surface area contributed by atoms with Gasteiger partial charge in [-0.25, -0.2) is 0 Å². The maximum Gasteiger partial charge on any atom is 0.119 e. The molecule has 0 spiro atoms. The van der Waals surface area contributed by atoms with Gasteiger partial charge < -0.3 is 10.1 Å². The van der Waals surface area contributed by atoms with E-state index in [1.54, 1.807) is 0 Å². The van der Waals surface area contributed by atoms with Gasteiger partial charge in [-0.3, -0.25) is 0 Å². The minimum absolute atomic E-state index is 0.178. The molecule has 3 rings (SSSR count). The first-order valence-electron chi connectivity index (χ1n) is 11.7. The summed E-state index contributed by atoms with van der Waals surface area (Å²) < 4.78 is 6.16. The van der Waals surface area contributed by atoms with Gasteiger partial charge in [0.25, 0.3) is 0 Å². The summed E-state index contributed by atoms with van der Waals surface area (Å²) in [5.74, 6) is 1.59. The van der Waals surface area contributed by atoms with E-state index in [4.69, 9.17) is 4.74 Å². The quantitative estimate of drug-likeness (QED) is 0.563. The predicted molar refractivity (Wildman–Crippen MR) is 129 cm³/mol. The van der Waals surface area contributed by atoms with Crippen LogP contribution >= 0.6 is 0 Å². The summed E-state index contributed by atoms with van der Waals surface area (Å²) in [6, 6.07) is 15.1. The number of aryl methyl sites for hydroxylation is 1. The van der Waals surface area contributed by atoms with Crippen molar-refractivity contribution in [1.82, 2.24) is 5.32 Å². The van der Waals surface area contributed by atoms with Gasteiger partial charge in [-0.15, -0.1) is 0 Å². The maximum absolute atomic E-state index is 9.49. The fraction of sp³-hybridized carbons (Fsp3) is 0.536. The van der Waals surface area contributed by atoms with Crippen molar-refractivity contribution in [1.29, 1.82) is 5.26 Å². The van der Waals surface area contributed by atoms with Crippen LogP contribution in [0.15, 0.2) is 36.4 Å². The Morgan fingerprint density at radius 3 is 2.29 bits per heavy atom. The molecule has 0 unspecified atom stereocenters. The van der Waals surface area contributed by atoms with Gasteiger partial charge >= 0.3 is 0 Å². The summed E-state index contributed by atoms with van der Waals surface area (Å²) >= 11 is 0. The number of nitriles is 1. The van der Waals surface area contributed by atoms with Crippen molar-refractivity contribution in [3.05, 3.63) is 64.2 Å². The van der Waals surface area contributed by atoms with Crippen LogP contribution in [0.5, 0.6) is 5.75 Å². The van der Waals surface area contributed by atoms with Crippen molar-refractivity contribution >= 4 is 0 Å². The molecule has 1 aliphatic rings. The summed E-state index contributed by atoms with van der Waals surface area (Å²) in [6.07, 6.45) is 6.13. The third-order valence-corrected chi connectivity index (χ3v) is 7.84. The molecule has 31 heavy (non-hydrogen) atoms. The Balaban J connectivity index is 1.65. The van der Waals surface area contributed by atoms with Crippen molar-refractivity contribution in [2.45, 2.75) is 77.7 Å². The molecule has 3 heteroatoms. The molecule has 0 amide bonds. The molecule has 0 aliphatic heterocycles. The van der Waals surface area contributed by atoms with Gasteiger partial charge in [0.1, 0.15) is 5.75 Å². The molecule has 0 heterocycles. The van der Waals surface area contributed by atoms with Crippen molar-refractivity contribution in [3.63, 3.8) is 0 Å². The fourth-order valence-corrected chi connectivity index (χ4v) is 4.86. The molecule has 0 saturated heterocycles. The van der Waals surface area contributed by atoms with Gasteiger partial charge in [0.15, 0.2) is 0 Å². The van der Waals surface area contributed by atoms with Gasteiger partial charge in [0.2, 0.25) is 0 Å². The van der Waals surface area contributed by atoms with Crippen LogP contribution in [0, 0.1) is 31.1 Å². The zero-order valence-corrected chi connectivity index (χ0v) is 20.1. The zero-order valence-electron chi connectivity index (χ0n) is 20.1. The van der Waals surface area contributed by atoms with Crippen LogP contribution in [0.1, 0.15) is 80.7 Å². The molecule has 3 nitrogen and oxygen atoms in total. The van der Waals surface area contributed by atoms with E-state index in [1.807, 2.05) is 13.0 Å². The molecule has 2 aromatic carbocycles. The van der Waals surface area contributed by atoms with Crippen LogP contribution < -0.4 is 10.1 Å². The summed E-state index contributed by atoms with van der Waals surface area (Å²) in [4.78, 5) is 0. The van der Waals surface area contributed by atoms with E-state index in [9.17, 15) is 5.26 Å². The Bertz CT molecular complexity index is 923. The summed E-state index contributed by atoms with van der Waals surface area (Å²) in [5.41, 5.74) is 5.56. The van der Waals surface area contributed by atoms with E-state index in [-0.39, 0.29) is 5.41 Å². The van der Waals surface area contributed by atoms with Gasteiger partial charge in [0, 0.05) is 11.0 Å². The average molecular weight is 419 g/mol. The topological polar surface area (TPSA) is 45.0 Å². The fourth-order valence-electron chi connectivity index (χ4n) is 4.86. The van der Waals surface area contributed by atoms with Crippen LogP contribution in [0.4, 0.5) is 0 Å². The van der Waals surface area contributed by atoms with E-state index in [0.29, 0.717) is 11.5 Å². The highest BCUT2D eigenvalue weighted by molar-refractivity contribution is 5.49. The monoisotopic (exact) mass is 418 g/mol.